The number of Topliss-reactive ketones (excluding diaryl/α,β-unsaturated/α-hetero) is 1. The van der Waals surface area contributed by atoms with E-state index in [9.17, 15) is 9.59 Å². The molecule has 0 aromatic heterocycles. The van der Waals surface area contributed by atoms with Crippen LogP contribution in [-0.2, 0) is 20.7 Å². The fraction of sp³-hybridized carbons (Fsp3) is 0.636. The van der Waals surface area contributed by atoms with Gasteiger partial charge in [-0.25, -0.2) is 0 Å². The molecule has 0 radical (unpaired) electrons. The molecule has 27 heavy (non-hydrogen) atoms. The van der Waals surface area contributed by atoms with E-state index in [0.717, 1.165) is 31.4 Å². The van der Waals surface area contributed by atoms with E-state index in [1.807, 2.05) is 0 Å². The Bertz CT molecular complexity index is 830. The number of esters is 1. The van der Waals surface area contributed by atoms with Gasteiger partial charge in [0.1, 0.15) is 11.4 Å². The Balaban J connectivity index is 1.62. The van der Waals surface area contributed by atoms with E-state index < -0.39 is 5.60 Å². The van der Waals surface area contributed by atoms with Gasteiger partial charge in [0.05, 0.1) is 26.1 Å². The highest BCUT2D eigenvalue weighted by Gasteiger charge is 2.68. The summed E-state index contributed by atoms with van der Waals surface area (Å²) in [5, 5.41) is 0. The molecule has 1 saturated heterocycles. The van der Waals surface area contributed by atoms with Crippen molar-refractivity contribution in [3.05, 3.63) is 23.3 Å². The van der Waals surface area contributed by atoms with Crippen LogP contribution in [0.1, 0.15) is 49.7 Å². The van der Waals surface area contributed by atoms with Crippen LogP contribution in [0.2, 0.25) is 0 Å². The lowest BCUT2D eigenvalue weighted by Gasteiger charge is -2.47. The van der Waals surface area contributed by atoms with Crippen LogP contribution in [0.25, 0.3) is 0 Å². The highest BCUT2D eigenvalue weighted by molar-refractivity contribution is 5.84. The number of ketones is 1. The molecule has 1 aromatic rings. The van der Waals surface area contributed by atoms with E-state index in [4.69, 9.17) is 14.2 Å². The van der Waals surface area contributed by atoms with E-state index in [1.54, 1.807) is 21.1 Å². The molecule has 1 aromatic carbocycles. The number of benzene rings is 1. The first-order valence-electron chi connectivity index (χ1n) is 9.98. The average Bonchev–Trinajstić information content (AvgIpc) is 3.18. The molecule has 6 atom stereocenters. The minimum Gasteiger partial charge on any atom is -0.493 e. The standard InChI is InChI=1S/C22H26O5/c1-11(23)16-6-7-17-13-5-4-12-8-18(25-2)19(26-3)9-14(12)20(13)15-10-22(16,17)27-21(15)24/h8-9,13,15-17,20H,4-7,10H2,1-3H3/t13-,15-,16-,17-,20-,22-/m0/s1. The van der Waals surface area contributed by atoms with Gasteiger partial charge in [-0.15, -0.1) is 0 Å². The number of rotatable bonds is 3. The lowest BCUT2D eigenvalue weighted by atomic mass is 9.55. The van der Waals surface area contributed by atoms with Crippen molar-refractivity contribution < 1.29 is 23.8 Å². The lowest BCUT2D eigenvalue weighted by Crippen LogP contribution is -2.50. The molecule has 1 spiro atoms. The summed E-state index contributed by atoms with van der Waals surface area (Å²) in [4.78, 5) is 25.2. The Labute approximate surface area is 159 Å². The molecule has 144 valence electrons. The van der Waals surface area contributed by atoms with Gasteiger partial charge in [-0.3, -0.25) is 9.59 Å². The van der Waals surface area contributed by atoms with Crippen molar-refractivity contribution in [1.82, 2.24) is 0 Å². The summed E-state index contributed by atoms with van der Waals surface area (Å²) in [6, 6.07) is 4.14. The fourth-order valence-electron chi connectivity index (χ4n) is 6.83. The van der Waals surface area contributed by atoms with E-state index in [1.165, 1.54) is 11.1 Å². The van der Waals surface area contributed by atoms with Crippen molar-refractivity contribution in [2.45, 2.75) is 50.5 Å². The third-order valence-corrected chi connectivity index (χ3v) is 7.77. The van der Waals surface area contributed by atoms with Crippen LogP contribution >= 0.6 is 0 Å². The maximum absolute atomic E-state index is 12.9. The lowest BCUT2D eigenvalue weighted by molar-refractivity contribution is -0.158. The first-order valence-corrected chi connectivity index (χ1v) is 9.98. The monoisotopic (exact) mass is 370 g/mol. The van der Waals surface area contributed by atoms with Crippen LogP contribution in [0.5, 0.6) is 11.5 Å². The zero-order valence-electron chi connectivity index (χ0n) is 16.1. The molecule has 3 fully saturated rings. The van der Waals surface area contributed by atoms with Gasteiger partial charge in [-0.05, 0) is 61.8 Å². The van der Waals surface area contributed by atoms with E-state index in [0.29, 0.717) is 24.0 Å². The summed E-state index contributed by atoms with van der Waals surface area (Å²) in [5.74, 6) is 2.10. The Kier molecular flexibility index (Phi) is 3.62. The van der Waals surface area contributed by atoms with Gasteiger partial charge in [0.25, 0.3) is 0 Å². The van der Waals surface area contributed by atoms with Crippen molar-refractivity contribution in [1.29, 1.82) is 0 Å². The van der Waals surface area contributed by atoms with Crippen LogP contribution in [-0.4, -0.2) is 31.6 Å². The van der Waals surface area contributed by atoms with Gasteiger partial charge in [0, 0.05) is 18.3 Å². The molecule has 4 aliphatic rings. The van der Waals surface area contributed by atoms with E-state index in [2.05, 4.69) is 12.1 Å². The molecule has 2 saturated carbocycles. The summed E-state index contributed by atoms with van der Waals surface area (Å²) in [5.41, 5.74) is 1.93. The van der Waals surface area contributed by atoms with Crippen molar-refractivity contribution in [3.8, 4) is 11.5 Å². The van der Waals surface area contributed by atoms with Crippen LogP contribution in [0.15, 0.2) is 12.1 Å². The second-order valence-corrected chi connectivity index (χ2v) is 8.67. The number of fused-ring (bicyclic) bond motifs is 6. The number of ether oxygens (including phenoxy) is 3. The second-order valence-electron chi connectivity index (χ2n) is 8.67. The highest BCUT2D eigenvalue weighted by Crippen LogP contribution is 2.65. The molecule has 0 amide bonds. The number of methoxy groups -OCH3 is 2. The Morgan fingerprint density at radius 1 is 1.15 bits per heavy atom. The third kappa shape index (κ3) is 2.11. The summed E-state index contributed by atoms with van der Waals surface area (Å²) in [6.07, 6.45) is 4.53. The molecule has 1 heterocycles. The molecule has 5 rings (SSSR count). The predicted molar refractivity (Wildman–Crippen MR) is 97.9 cm³/mol. The zero-order chi connectivity index (χ0) is 18.9. The van der Waals surface area contributed by atoms with Gasteiger partial charge >= 0.3 is 5.97 Å². The van der Waals surface area contributed by atoms with Crippen LogP contribution in [0.4, 0.5) is 0 Å². The number of hydrogen-bond donors (Lipinski definition) is 0. The van der Waals surface area contributed by atoms with Crippen LogP contribution in [0.3, 0.4) is 0 Å². The Hall–Kier alpha value is -2.04. The van der Waals surface area contributed by atoms with E-state index in [-0.39, 0.29) is 29.5 Å². The highest BCUT2D eigenvalue weighted by atomic mass is 16.6. The summed E-state index contributed by atoms with van der Waals surface area (Å²) in [7, 11) is 3.30. The first-order chi connectivity index (χ1) is 13.0. The number of carbonyl (C=O) groups excluding carboxylic acids is 2. The van der Waals surface area contributed by atoms with Crippen molar-refractivity contribution in [2.75, 3.05) is 14.2 Å². The number of carbonyl (C=O) groups is 2. The Morgan fingerprint density at radius 2 is 1.89 bits per heavy atom. The predicted octanol–water partition coefficient (Wildman–Crippen LogP) is 3.28. The molecular formula is C22H26O5. The third-order valence-electron chi connectivity index (χ3n) is 7.77. The van der Waals surface area contributed by atoms with Crippen molar-refractivity contribution in [3.63, 3.8) is 0 Å². The van der Waals surface area contributed by atoms with Gasteiger partial charge in [-0.2, -0.15) is 0 Å². The molecular weight excluding hydrogens is 344 g/mol. The molecule has 3 aliphatic carbocycles. The zero-order valence-corrected chi connectivity index (χ0v) is 16.1. The Morgan fingerprint density at radius 3 is 2.59 bits per heavy atom. The van der Waals surface area contributed by atoms with Crippen LogP contribution < -0.4 is 9.47 Å². The largest absolute Gasteiger partial charge is 0.493 e. The van der Waals surface area contributed by atoms with Gasteiger partial charge in [0.2, 0.25) is 0 Å². The molecule has 2 bridgehead atoms. The van der Waals surface area contributed by atoms with Gasteiger partial charge in [-0.1, -0.05) is 0 Å². The molecule has 5 nitrogen and oxygen atoms in total. The van der Waals surface area contributed by atoms with Crippen molar-refractivity contribution >= 4 is 11.8 Å². The molecule has 5 heteroatoms. The van der Waals surface area contributed by atoms with E-state index >= 15 is 0 Å². The first kappa shape index (κ1) is 17.1. The smallest absolute Gasteiger partial charge is 0.310 e. The quantitative estimate of drug-likeness (QED) is 0.764. The van der Waals surface area contributed by atoms with Crippen LogP contribution in [0, 0.1) is 23.7 Å². The van der Waals surface area contributed by atoms with Crippen molar-refractivity contribution in [2.24, 2.45) is 23.7 Å². The average molecular weight is 370 g/mol. The normalized spacial score (nSPS) is 38.5. The number of aryl methyl sites for hydroxylation is 1. The number of hydrogen-bond acceptors (Lipinski definition) is 5. The SMILES string of the molecule is COc1cc2c(cc1OC)[C@@H]1[C@@H](CC2)[C@@H]2CC[C@@H](C(C)=O)[C@@]23C[C@@H]1C(=O)O3. The maximum Gasteiger partial charge on any atom is 0.310 e. The maximum atomic E-state index is 12.9. The minimum absolute atomic E-state index is 0.108. The molecule has 0 N–H and O–H groups in total. The van der Waals surface area contributed by atoms with Gasteiger partial charge in [0.15, 0.2) is 11.5 Å². The topological polar surface area (TPSA) is 61.8 Å². The molecule has 0 unspecified atom stereocenters. The molecule has 1 aliphatic heterocycles. The summed E-state index contributed by atoms with van der Waals surface area (Å²) in [6.45, 7) is 1.66. The summed E-state index contributed by atoms with van der Waals surface area (Å²) >= 11 is 0. The summed E-state index contributed by atoms with van der Waals surface area (Å²) < 4.78 is 17.1. The fourth-order valence-corrected chi connectivity index (χ4v) is 6.83. The van der Waals surface area contributed by atoms with Gasteiger partial charge < -0.3 is 14.2 Å². The second kappa shape index (κ2) is 5.73. The minimum atomic E-state index is -0.539.